The molecule has 2 rings (SSSR count). The van der Waals surface area contributed by atoms with Crippen molar-refractivity contribution in [3.63, 3.8) is 0 Å². The van der Waals surface area contributed by atoms with Crippen molar-refractivity contribution in [3.05, 3.63) is 59.9 Å². The van der Waals surface area contributed by atoms with Gasteiger partial charge in [0, 0.05) is 4.90 Å². The van der Waals surface area contributed by atoms with E-state index in [1.165, 1.54) is 12.1 Å². The van der Waals surface area contributed by atoms with E-state index in [1.807, 2.05) is 30.3 Å². The zero-order chi connectivity index (χ0) is 12.3. The van der Waals surface area contributed by atoms with Gasteiger partial charge >= 0.3 is 0 Å². The standard InChI is InChI=1S/C13H12FNOS/c14-12-8-11(6-7-13(12)15)17(16)9-10-4-2-1-3-5-10/h1-8H,9,15H2. The van der Waals surface area contributed by atoms with E-state index < -0.39 is 16.6 Å². The molecule has 0 aliphatic rings. The Bertz CT molecular complexity index is 542. The predicted octanol–water partition coefficient (Wildman–Crippen LogP) is 2.72. The number of halogens is 1. The number of anilines is 1. The Morgan fingerprint density at radius 3 is 2.47 bits per heavy atom. The lowest BCUT2D eigenvalue weighted by atomic mass is 10.2. The summed E-state index contributed by atoms with van der Waals surface area (Å²) in [6.45, 7) is 0. The van der Waals surface area contributed by atoms with E-state index in [-0.39, 0.29) is 5.69 Å². The molecular formula is C13H12FNOS. The van der Waals surface area contributed by atoms with Gasteiger partial charge in [-0.3, -0.25) is 4.21 Å². The molecule has 0 aliphatic carbocycles. The minimum absolute atomic E-state index is 0.0745. The first kappa shape index (κ1) is 11.8. The minimum Gasteiger partial charge on any atom is -0.396 e. The fourth-order valence-electron chi connectivity index (χ4n) is 1.46. The van der Waals surface area contributed by atoms with E-state index in [0.29, 0.717) is 10.6 Å². The van der Waals surface area contributed by atoms with Crippen LogP contribution in [-0.4, -0.2) is 4.21 Å². The lowest BCUT2D eigenvalue weighted by molar-refractivity contribution is 0.627. The molecule has 1 unspecified atom stereocenters. The van der Waals surface area contributed by atoms with Crippen LogP contribution >= 0.6 is 0 Å². The van der Waals surface area contributed by atoms with Crippen molar-refractivity contribution >= 4 is 16.5 Å². The molecule has 0 heterocycles. The maximum absolute atomic E-state index is 13.2. The topological polar surface area (TPSA) is 43.1 Å². The van der Waals surface area contributed by atoms with Crippen LogP contribution in [0.15, 0.2) is 53.4 Å². The summed E-state index contributed by atoms with van der Waals surface area (Å²) in [5.41, 5.74) is 6.40. The number of nitrogen functional groups attached to an aromatic ring is 1. The number of nitrogens with two attached hydrogens (primary N) is 1. The summed E-state index contributed by atoms with van der Waals surface area (Å²) in [6.07, 6.45) is 0. The number of hydrogen-bond donors (Lipinski definition) is 1. The van der Waals surface area contributed by atoms with Gasteiger partial charge < -0.3 is 5.73 Å². The molecule has 2 nitrogen and oxygen atoms in total. The van der Waals surface area contributed by atoms with Crippen LogP contribution in [0.4, 0.5) is 10.1 Å². The monoisotopic (exact) mass is 249 g/mol. The van der Waals surface area contributed by atoms with Gasteiger partial charge in [-0.2, -0.15) is 0 Å². The Morgan fingerprint density at radius 1 is 1.12 bits per heavy atom. The van der Waals surface area contributed by atoms with E-state index in [9.17, 15) is 8.60 Å². The number of rotatable bonds is 3. The second kappa shape index (κ2) is 5.10. The van der Waals surface area contributed by atoms with Crippen LogP contribution in [0.2, 0.25) is 0 Å². The molecule has 2 N–H and O–H groups in total. The van der Waals surface area contributed by atoms with Gasteiger partial charge in [0.25, 0.3) is 0 Å². The average Bonchev–Trinajstić information content (AvgIpc) is 2.34. The Balaban J connectivity index is 2.18. The number of benzene rings is 2. The van der Waals surface area contributed by atoms with Crippen molar-refractivity contribution in [2.24, 2.45) is 0 Å². The predicted molar refractivity (Wildman–Crippen MR) is 67.4 cm³/mol. The second-order valence-electron chi connectivity index (χ2n) is 3.66. The van der Waals surface area contributed by atoms with Crippen molar-refractivity contribution in [1.29, 1.82) is 0 Å². The lowest BCUT2D eigenvalue weighted by Crippen LogP contribution is -1.98. The molecule has 0 amide bonds. The van der Waals surface area contributed by atoms with Crippen molar-refractivity contribution in [3.8, 4) is 0 Å². The maximum Gasteiger partial charge on any atom is 0.147 e. The summed E-state index contributed by atoms with van der Waals surface area (Å²) in [4.78, 5) is 0.459. The first-order valence-corrected chi connectivity index (χ1v) is 6.46. The molecular weight excluding hydrogens is 237 g/mol. The van der Waals surface area contributed by atoms with E-state index in [1.54, 1.807) is 6.07 Å². The summed E-state index contributed by atoms with van der Waals surface area (Å²) in [5.74, 6) is -0.145. The quantitative estimate of drug-likeness (QED) is 0.850. The van der Waals surface area contributed by atoms with Gasteiger partial charge in [-0.25, -0.2) is 4.39 Å². The van der Waals surface area contributed by atoms with Crippen LogP contribution in [0, 0.1) is 5.82 Å². The van der Waals surface area contributed by atoms with Crippen molar-refractivity contribution in [2.45, 2.75) is 10.6 Å². The summed E-state index contributed by atoms with van der Waals surface area (Å²) in [5, 5.41) is 0. The normalized spacial score (nSPS) is 12.3. The Hall–Kier alpha value is -1.68. The third-order valence-corrected chi connectivity index (χ3v) is 3.75. The molecule has 0 saturated heterocycles. The Labute approximate surface area is 102 Å². The molecule has 0 aliphatic heterocycles. The zero-order valence-corrected chi connectivity index (χ0v) is 9.91. The summed E-state index contributed by atoms with van der Waals surface area (Å²) < 4.78 is 25.2. The first-order chi connectivity index (χ1) is 8.16. The smallest absolute Gasteiger partial charge is 0.147 e. The molecule has 0 aromatic heterocycles. The highest BCUT2D eigenvalue weighted by molar-refractivity contribution is 7.84. The average molecular weight is 249 g/mol. The third-order valence-electron chi connectivity index (χ3n) is 2.38. The highest BCUT2D eigenvalue weighted by atomic mass is 32.2. The molecule has 1 atom stereocenters. The minimum atomic E-state index is -1.25. The zero-order valence-electron chi connectivity index (χ0n) is 9.10. The van der Waals surface area contributed by atoms with E-state index in [4.69, 9.17) is 5.73 Å². The summed E-state index contributed by atoms with van der Waals surface area (Å²) in [6, 6.07) is 13.7. The molecule has 0 bridgehead atoms. The van der Waals surface area contributed by atoms with Crippen LogP contribution in [0.3, 0.4) is 0 Å². The maximum atomic E-state index is 13.2. The molecule has 88 valence electrons. The van der Waals surface area contributed by atoms with Gasteiger partial charge in [-0.15, -0.1) is 0 Å². The molecule has 2 aromatic rings. The fraction of sp³-hybridized carbons (Fsp3) is 0.0769. The molecule has 4 heteroatoms. The van der Waals surface area contributed by atoms with Crippen LogP contribution in [0.5, 0.6) is 0 Å². The summed E-state index contributed by atoms with van der Waals surface area (Å²) >= 11 is 0. The Kier molecular flexibility index (Phi) is 3.54. The highest BCUT2D eigenvalue weighted by Crippen LogP contribution is 2.17. The molecule has 17 heavy (non-hydrogen) atoms. The van der Waals surface area contributed by atoms with Crippen LogP contribution in [-0.2, 0) is 16.6 Å². The van der Waals surface area contributed by atoms with E-state index in [0.717, 1.165) is 5.56 Å². The highest BCUT2D eigenvalue weighted by Gasteiger charge is 2.07. The fourth-order valence-corrected chi connectivity index (χ4v) is 2.58. The molecule has 0 spiro atoms. The van der Waals surface area contributed by atoms with E-state index in [2.05, 4.69) is 0 Å². The van der Waals surface area contributed by atoms with Gasteiger partial charge in [-0.05, 0) is 23.8 Å². The van der Waals surface area contributed by atoms with Gasteiger partial charge in [-0.1, -0.05) is 30.3 Å². The van der Waals surface area contributed by atoms with Crippen molar-refractivity contribution in [2.75, 3.05) is 5.73 Å². The molecule has 0 radical (unpaired) electrons. The molecule has 0 saturated carbocycles. The molecule has 0 fully saturated rings. The summed E-state index contributed by atoms with van der Waals surface area (Å²) in [7, 11) is -1.25. The first-order valence-electron chi connectivity index (χ1n) is 5.14. The van der Waals surface area contributed by atoms with E-state index >= 15 is 0 Å². The van der Waals surface area contributed by atoms with Crippen LogP contribution < -0.4 is 5.73 Å². The van der Waals surface area contributed by atoms with Crippen molar-refractivity contribution < 1.29 is 8.60 Å². The van der Waals surface area contributed by atoms with Gasteiger partial charge in [0.2, 0.25) is 0 Å². The second-order valence-corrected chi connectivity index (χ2v) is 5.11. The SMILES string of the molecule is Nc1ccc(S(=O)Cc2ccccc2)cc1F. The van der Waals surface area contributed by atoms with Gasteiger partial charge in [0.05, 0.1) is 22.2 Å². The Morgan fingerprint density at radius 2 is 1.82 bits per heavy atom. The largest absolute Gasteiger partial charge is 0.396 e. The van der Waals surface area contributed by atoms with Crippen molar-refractivity contribution in [1.82, 2.24) is 0 Å². The molecule has 2 aromatic carbocycles. The lowest BCUT2D eigenvalue weighted by Gasteiger charge is -2.04. The van der Waals surface area contributed by atoms with Gasteiger partial charge in [0.1, 0.15) is 5.82 Å². The van der Waals surface area contributed by atoms with Crippen LogP contribution in [0.25, 0.3) is 0 Å². The number of hydrogen-bond acceptors (Lipinski definition) is 2. The van der Waals surface area contributed by atoms with Crippen LogP contribution in [0.1, 0.15) is 5.56 Å². The third kappa shape index (κ3) is 2.91. The van der Waals surface area contributed by atoms with Gasteiger partial charge in [0.15, 0.2) is 0 Å².